The van der Waals surface area contributed by atoms with Crippen LogP contribution in [0.15, 0.2) is 48.5 Å². The van der Waals surface area contributed by atoms with Crippen molar-refractivity contribution in [1.82, 2.24) is 9.80 Å². The van der Waals surface area contributed by atoms with E-state index in [9.17, 15) is 9.59 Å². The molecular weight excluding hydrogens is 488 g/mol. The Morgan fingerprint density at radius 2 is 1.68 bits per heavy atom. The van der Waals surface area contributed by atoms with Crippen LogP contribution in [0.3, 0.4) is 0 Å². The number of hydrogen-bond donors (Lipinski definition) is 1. The van der Waals surface area contributed by atoms with Gasteiger partial charge in [0.05, 0.1) is 25.8 Å². The van der Waals surface area contributed by atoms with Crippen LogP contribution in [0.2, 0.25) is 0 Å². The molecule has 8 nitrogen and oxygen atoms in total. The number of likely N-dealkylation sites (tertiary alicyclic amines) is 1. The summed E-state index contributed by atoms with van der Waals surface area (Å²) < 4.78 is 10.7. The molecule has 2 aliphatic heterocycles. The molecule has 2 aromatic carbocycles. The summed E-state index contributed by atoms with van der Waals surface area (Å²) in [6.45, 7) is 8.25. The highest BCUT2D eigenvalue weighted by Gasteiger charge is 2.44. The van der Waals surface area contributed by atoms with Gasteiger partial charge in [0, 0.05) is 18.8 Å². The number of carbonyl (C=O) groups excluding carboxylic acids is 2. The number of anilines is 2. The summed E-state index contributed by atoms with van der Waals surface area (Å²) in [5, 5.41) is 3.33. The fourth-order valence-electron chi connectivity index (χ4n) is 4.78. The first-order valence-corrected chi connectivity index (χ1v) is 13.3. The second-order valence-electron chi connectivity index (χ2n) is 9.60. The maximum Gasteiger partial charge on any atom is 0.256 e. The van der Waals surface area contributed by atoms with Crippen molar-refractivity contribution in [3.63, 3.8) is 0 Å². The number of carbonyl (C=O) groups is 2. The van der Waals surface area contributed by atoms with Crippen molar-refractivity contribution in [1.29, 1.82) is 0 Å². The number of hydrogen-bond acceptors (Lipinski definition) is 6. The van der Waals surface area contributed by atoms with Crippen molar-refractivity contribution < 1.29 is 19.1 Å². The molecule has 0 bridgehead atoms. The number of nitrogens with zero attached hydrogens (tertiary/aromatic N) is 3. The lowest BCUT2D eigenvalue weighted by molar-refractivity contribution is -0.124. The number of nitrogens with one attached hydrogen (secondary N) is 1. The van der Waals surface area contributed by atoms with Crippen molar-refractivity contribution in [2.45, 2.75) is 39.2 Å². The lowest BCUT2D eigenvalue weighted by Crippen LogP contribution is -2.44. The molecule has 2 amide bonds. The Kier molecular flexibility index (Phi) is 9.00. The Morgan fingerprint density at radius 3 is 2.30 bits per heavy atom. The minimum absolute atomic E-state index is 0.00949. The van der Waals surface area contributed by atoms with Crippen LogP contribution in [-0.2, 0) is 9.59 Å². The van der Waals surface area contributed by atoms with Crippen molar-refractivity contribution in [3.8, 4) is 11.5 Å². The minimum Gasteiger partial charge on any atom is -0.497 e. The molecule has 9 heteroatoms. The zero-order valence-electron chi connectivity index (χ0n) is 21.8. The normalized spacial score (nSPS) is 18.8. The Hall–Kier alpha value is -3.17. The van der Waals surface area contributed by atoms with E-state index in [0.717, 1.165) is 31.3 Å². The maximum atomic E-state index is 13.7. The van der Waals surface area contributed by atoms with Gasteiger partial charge in [-0.15, -0.1) is 0 Å². The molecule has 0 aliphatic carbocycles. The summed E-state index contributed by atoms with van der Waals surface area (Å²) in [7, 11) is 1.59. The summed E-state index contributed by atoms with van der Waals surface area (Å²) in [4.78, 5) is 32.6. The zero-order chi connectivity index (χ0) is 26.4. The summed E-state index contributed by atoms with van der Waals surface area (Å²) in [5.74, 6) is 1.76. The van der Waals surface area contributed by atoms with Crippen LogP contribution in [0.25, 0.3) is 0 Å². The Bertz CT molecular complexity index is 1080. The lowest BCUT2D eigenvalue weighted by Gasteiger charge is -2.32. The molecule has 0 radical (unpaired) electrons. The highest BCUT2D eigenvalue weighted by Crippen LogP contribution is 2.29. The van der Waals surface area contributed by atoms with Gasteiger partial charge in [0.15, 0.2) is 5.11 Å². The standard InChI is InChI=1S/C28H36N4O4S/c1-4-36-24-11-7-22(8-12-24)32-27(34)25(19-26(33)29-21-5-9-23(35-3)10-6-21)31(28(32)37)18-17-30-15-13-20(2)14-16-30/h5-12,20,25H,4,13-19H2,1-3H3,(H,29,33)/t25-/m0/s1. The van der Waals surface area contributed by atoms with Gasteiger partial charge in [-0.25, -0.2) is 0 Å². The van der Waals surface area contributed by atoms with Crippen LogP contribution in [-0.4, -0.2) is 72.7 Å². The number of methoxy groups -OCH3 is 1. The molecule has 1 N–H and O–H groups in total. The van der Waals surface area contributed by atoms with Crippen LogP contribution in [0, 0.1) is 5.92 Å². The SMILES string of the molecule is CCOc1ccc(N2C(=O)[C@H](CC(=O)Nc3ccc(OC)cc3)N(CCN3CCC(C)CC3)C2=S)cc1. The molecule has 0 unspecified atom stereocenters. The first-order valence-electron chi connectivity index (χ1n) is 12.9. The van der Waals surface area contributed by atoms with Gasteiger partial charge in [0.25, 0.3) is 5.91 Å². The van der Waals surface area contributed by atoms with Gasteiger partial charge in [-0.05, 0) is 99.5 Å². The van der Waals surface area contributed by atoms with E-state index < -0.39 is 6.04 Å². The van der Waals surface area contributed by atoms with Crippen molar-refractivity contribution in [2.24, 2.45) is 5.92 Å². The predicted molar refractivity (Wildman–Crippen MR) is 149 cm³/mol. The Balaban J connectivity index is 1.49. The van der Waals surface area contributed by atoms with Gasteiger partial charge in [-0.2, -0.15) is 0 Å². The van der Waals surface area contributed by atoms with Gasteiger partial charge >= 0.3 is 0 Å². The summed E-state index contributed by atoms with van der Waals surface area (Å²) in [6.07, 6.45) is 2.36. The fourth-order valence-corrected chi connectivity index (χ4v) is 5.19. The fraction of sp³-hybridized carbons (Fsp3) is 0.464. The third-order valence-electron chi connectivity index (χ3n) is 7.01. The minimum atomic E-state index is -0.666. The molecule has 2 aliphatic rings. The van der Waals surface area contributed by atoms with E-state index >= 15 is 0 Å². The molecule has 2 aromatic rings. The van der Waals surface area contributed by atoms with Gasteiger partial charge < -0.3 is 24.6 Å². The highest BCUT2D eigenvalue weighted by molar-refractivity contribution is 7.80. The average molecular weight is 525 g/mol. The molecule has 2 fully saturated rings. The third kappa shape index (κ3) is 6.59. The Labute approximate surface area is 224 Å². The molecular formula is C28H36N4O4S. The summed E-state index contributed by atoms with van der Waals surface area (Å²) in [6, 6.07) is 13.8. The van der Waals surface area contributed by atoms with E-state index in [2.05, 4.69) is 17.1 Å². The van der Waals surface area contributed by atoms with E-state index in [4.69, 9.17) is 21.7 Å². The molecule has 2 heterocycles. The van der Waals surface area contributed by atoms with Crippen LogP contribution in [0.1, 0.15) is 33.1 Å². The maximum absolute atomic E-state index is 13.7. The van der Waals surface area contributed by atoms with E-state index in [-0.39, 0.29) is 18.2 Å². The van der Waals surface area contributed by atoms with Crippen LogP contribution in [0.4, 0.5) is 11.4 Å². The van der Waals surface area contributed by atoms with E-state index in [0.29, 0.717) is 35.4 Å². The molecule has 4 rings (SSSR count). The van der Waals surface area contributed by atoms with Crippen molar-refractivity contribution in [2.75, 3.05) is 50.1 Å². The van der Waals surface area contributed by atoms with E-state index in [1.54, 1.807) is 36.3 Å². The molecule has 0 spiro atoms. The Morgan fingerprint density at radius 1 is 1.03 bits per heavy atom. The lowest BCUT2D eigenvalue weighted by atomic mass is 9.99. The molecule has 198 valence electrons. The van der Waals surface area contributed by atoms with Crippen LogP contribution >= 0.6 is 12.2 Å². The molecule has 37 heavy (non-hydrogen) atoms. The largest absolute Gasteiger partial charge is 0.497 e. The second kappa shape index (κ2) is 12.4. The molecule has 0 aromatic heterocycles. The smallest absolute Gasteiger partial charge is 0.256 e. The summed E-state index contributed by atoms with van der Waals surface area (Å²) in [5.41, 5.74) is 1.32. The quantitative estimate of drug-likeness (QED) is 0.468. The van der Waals surface area contributed by atoms with Gasteiger partial charge in [0.2, 0.25) is 5.91 Å². The van der Waals surface area contributed by atoms with Crippen LogP contribution < -0.4 is 19.7 Å². The zero-order valence-corrected chi connectivity index (χ0v) is 22.6. The molecule has 0 saturated carbocycles. The second-order valence-corrected chi connectivity index (χ2v) is 9.96. The highest BCUT2D eigenvalue weighted by atomic mass is 32.1. The third-order valence-corrected chi connectivity index (χ3v) is 7.43. The van der Waals surface area contributed by atoms with Gasteiger partial charge in [0.1, 0.15) is 17.5 Å². The van der Waals surface area contributed by atoms with Gasteiger partial charge in [-0.1, -0.05) is 6.92 Å². The molecule has 2 saturated heterocycles. The van der Waals surface area contributed by atoms with Crippen LogP contribution in [0.5, 0.6) is 11.5 Å². The number of benzene rings is 2. The van der Waals surface area contributed by atoms with E-state index in [1.165, 1.54) is 12.8 Å². The monoisotopic (exact) mass is 524 g/mol. The summed E-state index contributed by atoms with van der Waals surface area (Å²) >= 11 is 5.81. The number of thiocarbonyl (C=S) groups is 1. The van der Waals surface area contributed by atoms with Crippen molar-refractivity contribution >= 4 is 40.5 Å². The topological polar surface area (TPSA) is 74.3 Å². The number of rotatable bonds is 10. The first kappa shape index (κ1) is 26.9. The number of piperidine rings is 1. The molecule has 1 atom stereocenters. The van der Waals surface area contributed by atoms with Gasteiger partial charge in [-0.3, -0.25) is 14.5 Å². The number of amides is 2. The predicted octanol–water partition coefficient (Wildman–Crippen LogP) is 4.16. The van der Waals surface area contributed by atoms with E-state index in [1.807, 2.05) is 36.1 Å². The number of ether oxygens (including phenoxy) is 2. The first-order chi connectivity index (χ1) is 17.9. The average Bonchev–Trinajstić information content (AvgIpc) is 3.13. The van der Waals surface area contributed by atoms with Crippen molar-refractivity contribution in [3.05, 3.63) is 48.5 Å².